The minimum Gasteiger partial charge on any atom is -0.355 e. The fourth-order valence-electron chi connectivity index (χ4n) is 4.25. The van der Waals surface area contributed by atoms with Crippen molar-refractivity contribution in [1.29, 1.82) is 0 Å². The van der Waals surface area contributed by atoms with Gasteiger partial charge in [0.15, 0.2) is 11.5 Å². The summed E-state index contributed by atoms with van der Waals surface area (Å²) >= 11 is 0. The van der Waals surface area contributed by atoms with E-state index in [2.05, 4.69) is 78.2 Å². The molecule has 2 aromatic heterocycles. The summed E-state index contributed by atoms with van der Waals surface area (Å²) in [5.74, 6) is 1.50. The van der Waals surface area contributed by atoms with Crippen LogP contribution in [0.3, 0.4) is 0 Å². The van der Waals surface area contributed by atoms with Gasteiger partial charge in [0.1, 0.15) is 5.52 Å². The number of imidazole rings is 1. The first-order valence-corrected chi connectivity index (χ1v) is 12.5. The van der Waals surface area contributed by atoms with Crippen LogP contribution in [0.2, 0.25) is 0 Å². The Labute approximate surface area is 207 Å². The SMILES string of the molecule is CCCNC(=O)CN1CCN(c2nc(Nc3cc(C(C)(C)C)ccc3C)c3c(ncn3C)n2)CC1. The molecule has 3 heterocycles. The molecule has 188 valence electrons. The number of hydrogen-bond acceptors (Lipinski definition) is 7. The van der Waals surface area contributed by atoms with Crippen molar-refractivity contribution in [2.75, 3.05) is 49.5 Å². The highest BCUT2D eigenvalue weighted by atomic mass is 16.2. The maximum atomic E-state index is 12.1. The Kier molecular flexibility index (Phi) is 7.25. The van der Waals surface area contributed by atoms with E-state index >= 15 is 0 Å². The molecular weight excluding hydrogens is 440 g/mol. The van der Waals surface area contributed by atoms with Crippen molar-refractivity contribution in [3.05, 3.63) is 35.7 Å². The molecule has 1 aliphatic rings. The molecule has 0 spiro atoms. The molecule has 3 aromatic rings. The molecule has 1 aliphatic heterocycles. The topological polar surface area (TPSA) is 91.2 Å². The zero-order valence-corrected chi connectivity index (χ0v) is 21.9. The highest BCUT2D eigenvalue weighted by molar-refractivity contribution is 5.87. The number of fused-ring (bicyclic) bond motifs is 1. The Morgan fingerprint density at radius 1 is 1.11 bits per heavy atom. The molecule has 0 saturated carbocycles. The number of aromatic nitrogens is 4. The number of nitrogens with zero attached hydrogens (tertiary/aromatic N) is 6. The molecule has 9 nitrogen and oxygen atoms in total. The zero-order chi connectivity index (χ0) is 25.2. The lowest BCUT2D eigenvalue weighted by Crippen LogP contribution is -2.50. The van der Waals surface area contributed by atoms with Crippen molar-refractivity contribution in [1.82, 2.24) is 29.7 Å². The third kappa shape index (κ3) is 5.73. The van der Waals surface area contributed by atoms with E-state index in [1.165, 1.54) is 5.56 Å². The Bertz CT molecular complexity index is 1190. The van der Waals surface area contributed by atoms with E-state index < -0.39 is 0 Å². The summed E-state index contributed by atoms with van der Waals surface area (Å²) in [5, 5.41) is 6.54. The van der Waals surface area contributed by atoms with Crippen LogP contribution < -0.4 is 15.5 Å². The molecule has 0 radical (unpaired) electrons. The summed E-state index contributed by atoms with van der Waals surface area (Å²) in [6.45, 7) is 15.1. The van der Waals surface area contributed by atoms with Gasteiger partial charge in [-0.1, -0.05) is 39.8 Å². The molecule has 1 saturated heterocycles. The molecule has 4 rings (SSSR count). The number of rotatable bonds is 7. The van der Waals surface area contributed by atoms with Gasteiger partial charge in [-0.25, -0.2) is 4.98 Å². The van der Waals surface area contributed by atoms with Crippen LogP contribution in [0, 0.1) is 6.92 Å². The Morgan fingerprint density at radius 3 is 2.54 bits per heavy atom. The molecule has 0 aliphatic carbocycles. The van der Waals surface area contributed by atoms with Gasteiger partial charge in [0.2, 0.25) is 11.9 Å². The van der Waals surface area contributed by atoms with Gasteiger partial charge in [-0.05, 0) is 36.0 Å². The van der Waals surface area contributed by atoms with Gasteiger partial charge < -0.3 is 20.1 Å². The van der Waals surface area contributed by atoms with Crippen LogP contribution in [0.1, 0.15) is 45.2 Å². The number of carbonyl (C=O) groups excluding carboxylic acids is 1. The Morgan fingerprint density at radius 2 is 1.86 bits per heavy atom. The molecule has 1 fully saturated rings. The van der Waals surface area contributed by atoms with Crippen molar-refractivity contribution < 1.29 is 4.79 Å². The normalized spacial score (nSPS) is 15.0. The lowest BCUT2D eigenvalue weighted by Gasteiger charge is -2.34. The van der Waals surface area contributed by atoms with Crippen LogP contribution in [0.4, 0.5) is 17.5 Å². The zero-order valence-electron chi connectivity index (χ0n) is 21.9. The highest BCUT2D eigenvalue weighted by Gasteiger charge is 2.23. The molecule has 35 heavy (non-hydrogen) atoms. The van der Waals surface area contributed by atoms with E-state index in [0.29, 0.717) is 18.1 Å². The molecular formula is C26H38N8O. The van der Waals surface area contributed by atoms with E-state index in [0.717, 1.165) is 61.7 Å². The van der Waals surface area contributed by atoms with Crippen molar-refractivity contribution in [3.63, 3.8) is 0 Å². The summed E-state index contributed by atoms with van der Waals surface area (Å²) in [4.78, 5) is 30.7. The van der Waals surface area contributed by atoms with Crippen molar-refractivity contribution in [2.24, 2.45) is 7.05 Å². The number of aryl methyl sites for hydroxylation is 2. The highest BCUT2D eigenvalue weighted by Crippen LogP contribution is 2.31. The van der Waals surface area contributed by atoms with Crippen LogP contribution in [-0.4, -0.2) is 69.6 Å². The van der Waals surface area contributed by atoms with E-state index in [1.54, 1.807) is 6.33 Å². The largest absolute Gasteiger partial charge is 0.355 e. The van der Waals surface area contributed by atoms with Crippen molar-refractivity contribution in [2.45, 2.75) is 46.5 Å². The van der Waals surface area contributed by atoms with E-state index in [9.17, 15) is 4.79 Å². The van der Waals surface area contributed by atoms with Gasteiger partial charge in [-0.2, -0.15) is 9.97 Å². The van der Waals surface area contributed by atoms with Crippen LogP contribution in [0.25, 0.3) is 11.2 Å². The van der Waals surface area contributed by atoms with Gasteiger partial charge >= 0.3 is 0 Å². The average molecular weight is 479 g/mol. The fourth-order valence-corrected chi connectivity index (χ4v) is 4.25. The molecule has 0 unspecified atom stereocenters. The third-order valence-corrected chi connectivity index (χ3v) is 6.51. The van der Waals surface area contributed by atoms with E-state index in [4.69, 9.17) is 9.97 Å². The summed E-state index contributed by atoms with van der Waals surface area (Å²) in [6, 6.07) is 6.55. The Balaban J connectivity index is 1.56. The number of hydrogen-bond donors (Lipinski definition) is 2. The molecule has 9 heteroatoms. The minimum absolute atomic E-state index is 0.0515. The second-order valence-electron chi connectivity index (χ2n) is 10.4. The third-order valence-electron chi connectivity index (χ3n) is 6.51. The number of amides is 1. The van der Waals surface area contributed by atoms with E-state index in [-0.39, 0.29) is 11.3 Å². The number of anilines is 3. The first-order valence-electron chi connectivity index (χ1n) is 12.5. The first-order chi connectivity index (χ1) is 16.7. The predicted molar refractivity (Wildman–Crippen MR) is 141 cm³/mol. The van der Waals surface area contributed by atoms with Gasteiger partial charge in [-0.15, -0.1) is 0 Å². The lowest BCUT2D eigenvalue weighted by atomic mass is 9.86. The quantitative estimate of drug-likeness (QED) is 0.538. The number of carbonyl (C=O) groups is 1. The summed E-state index contributed by atoms with van der Waals surface area (Å²) < 4.78 is 1.96. The van der Waals surface area contributed by atoms with Crippen LogP contribution in [0.5, 0.6) is 0 Å². The van der Waals surface area contributed by atoms with Crippen LogP contribution in [0.15, 0.2) is 24.5 Å². The van der Waals surface area contributed by atoms with E-state index in [1.807, 2.05) is 11.6 Å². The first kappa shape index (κ1) is 24.9. The number of nitrogens with one attached hydrogen (secondary N) is 2. The molecule has 0 bridgehead atoms. The lowest BCUT2D eigenvalue weighted by molar-refractivity contribution is -0.122. The second-order valence-corrected chi connectivity index (χ2v) is 10.4. The molecule has 2 N–H and O–H groups in total. The second kappa shape index (κ2) is 10.2. The van der Waals surface area contributed by atoms with Crippen molar-refractivity contribution in [3.8, 4) is 0 Å². The maximum Gasteiger partial charge on any atom is 0.234 e. The summed E-state index contributed by atoms with van der Waals surface area (Å²) in [7, 11) is 1.96. The van der Waals surface area contributed by atoms with Gasteiger partial charge in [0.05, 0.1) is 12.9 Å². The molecule has 1 aromatic carbocycles. The maximum absolute atomic E-state index is 12.1. The van der Waals surface area contributed by atoms with Gasteiger partial charge in [0.25, 0.3) is 0 Å². The Hall–Kier alpha value is -3.20. The van der Waals surface area contributed by atoms with Crippen LogP contribution in [-0.2, 0) is 17.3 Å². The number of benzene rings is 1. The summed E-state index contributed by atoms with van der Waals surface area (Å²) in [6.07, 6.45) is 2.73. The number of piperazine rings is 1. The monoisotopic (exact) mass is 478 g/mol. The van der Waals surface area contributed by atoms with Crippen molar-refractivity contribution >= 4 is 34.5 Å². The van der Waals surface area contributed by atoms with Gasteiger partial charge in [0, 0.05) is 45.5 Å². The fraction of sp³-hybridized carbons (Fsp3) is 0.538. The smallest absolute Gasteiger partial charge is 0.234 e. The molecule has 0 atom stereocenters. The van der Waals surface area contributed by atoms with Crippen LogP contribution >= 0.6 is 0 Å². The van der Waals surface area contributed by atoms with Gasteiger partial charge in [-0.3, -0.25) is 9.69 Å². The standard InChI is InChI=1S/C26H38N8O/c1-7-10-27-21(35)16-33-11-13-34(14-12-33)25-30-23-22(32(6)17-28-23)24(31-25)29-20-15-19(26(3,4)5)9-8-18(20)2/h8-9,15,17H,7,10-14,16H2,1-6H3,(H,27,35)(H,29,30,31). The molecule has 1 amide bonds. The summed E-state index contributed by atoms with van der Waals surface area (Å²) in [5.41, 5.74) is 5.05. The average Bonchev–Trinajstić information content (AvgIpc) is 3.19. The predicted octanol–water partition coefficient (Wildman–Crippen LogP) is 3.36. The minimum atomic E-state index is 0.0515.